The van der Waals surface area contributed by atoms with Crippen LogP contribution in [0.4, 0.5) is 10.1 Å². The minimum atomic E-state index is -1.03. The fourth-order valence-electron chi connectivity index (χ4n) is 2.58. The standard InChI is InChI=1S/C23H17ClFN3O5/c1-32-20-5-3-2-4-17(20)23(31)33-16-9-6-14(7-10-16)13-26-28-22(30)21(29)27-15-8-11-19(25)18(24)12-15/h2-13H,1H3,(H,27,29)(H,28,30)/b26-13+. The van der Waals surface area contributed by atoms with Crippen LogP contribution >= 0.6 is 11.6 Å². The van der Waals surface area contributed by atoms with Gasteiger partial charge in [-0.05, 0) is 60.2 Å². The first-order valence-electron chi connectivity index (χ1n) is 9.42. The van der Waals surface area contributed by atoms with E-state index in [1.165, 1.54) is 25.5 Å². The fraction of sp³-hybridized carbons (Fsp3) is 0.0435. The number of rotatable bonds is 6. The van der Waals surface area contributed by atoms with E-state index in [9.17, 15) is 18.8 Å². The van der Waals surface area contributed by atoms with Crippen LogP contribution in [-0.2, 0) is 9.59 Å². The second-order valence-corrected chi connectivity index (χ2v) is 6.85. The molecule has 0 aromatic heterocycles. The normalized spacial score (nSPS) is 10.5. The van der Waals surface area contributed by atoms with Gasteiger partial charge in [-0.3, -0.25) is 9.59 Å². The molecule has 0 saturated heterocycles. The number of hydrogen-bond donors (Lipinski definition) is 2. The van der Waals surface area contributed by atoms with E-state index in [1.807, 2.05) is 0 Å². The van der Waals surface area contributed by atoms with E-state index in [0.29, 0.717) is 17.1 Å². The maximum Gasteiger partial charge on any atom is 0.347 e. The molecular formula is C23H17ClFN3O5. The van der Waals surface area contributed by atoms with E-state index >= 15 is 0 Å². The van der Waals surface area contributed by atoms with E-state index in [-0.39, 0.29) is 16.3 Å². The molecule has 0 saturated carbocycles. The highest BCUT2D eigenvalue weighted by Gasteiger charge is 2.15. The molecule has 3 rings (SSSR count). The van der Waals surface area contributed by atoms with E-state index in [2.05, 4.69) is 15.8 Å². The number of amides is 2. The molecule has 168 valence electrons. The summed E-state index contributed by atoms with van der Waals surface area (Å²) in [5, 5.41) is 5.78. The third-order valence-corrected chi connectivity index (χ3v) is 4.47. The van der Waals surface area contributed by atoms with Crippen molar-refractivity contribution < 1.29 is 28.2 Å². The summed E-state index contributed by atoms with van der Waals surface area (Å²) >= 11 is 5.63. The van der Waals surface area contributed by atoms with Gasteiger partial charge in [0, 0.05) is 5.69 Å². The molecule has 0 aliphatic heterocycles. The Kier molecular flexibility index (Phi) is 7.72. The van der Waals surface area contributed by atoms with Gasteiger partial charge in [0.05, 0.1) is 18.3 Å². The summed E-state index contributed by atoms with van der Waals surface area (Å²) in [6.45, 7) is 0. The van der Waals surface area contributed by atoms with Crippen molar-refractivity contribution in [3.63, 3.8) is 0 Å². The van der Waals surface area contributed by atoms with Gasteiger partial charge < -0.3 is 14.8 Å². The number of para-hydroxylation sites is 1. The number of halogens is 2. The van der Waals surface area contributed by atoms with E-state index in [1.54, 1.807) is 48.5 Å². The predicted octanol–water partition coefficient (Wildman–Crippen LogP) is 3.80. The van der Waals surface area contributed by atoms with Crippen molar-refractivity contribution >= 4 is 41.3 Å². The first kappa shape index (κ1) is 23.4. The van der Waals surface area contributed by atoms with Crippen LogP contribution < -0.4 is 20.2 Å². The third kappa shape index (κ3) is 6.37. The zero-order valence-electron chi connectivity index (χ0n) is 17.2. The topological polar surface area (TPSA) is 106 Å². The Morgan fingerprint density at radius 1 is 1.00 bits per heavy atom. The minimum Gasteiger partial charge on any atom is -0.496 e. The Balaban J connectivity index is 1.53. The summed E-state index contributed by atoms with van der Waals surface area (Å²) in [5.74, 6) is -2.57. The van der Waals surface area contributed by atoms with Gasteiger partial charge in [-0.1, -0.05) is 23.7 Å². The largest absolute Gasteiger partial charge is 0.496 e. The molecule has 0 aliphatic rings. The highest BCUT2D eigenvalue weighted by atomic mass is 35.5. The summed E-state index contributed by atoms with van der Waals surface area (Å²) in [6, 6.07) is 16.5. The van der Waals surface area contributed by atoms with Gasteiger partial charge in [0.15, 0.2) is 0 Å². The van der Waals surface area contributed by atoms with Gasteiger partial charge in [0.1, 0.15) is 22.9 Å². The summed E-state index contributed by atoms with van der Waals surface area (Å²) in [5.41, 5.74) is 3.08. The van der Waals surface area contributed by atoms with Crippen molar-refractivity contribution in [2.24, 2.45) is 5.10 Å². The minimum absolute atomic E-state index is 0.156. The van der Waals surface area contributed by atoms with Crippen LogP contribution in [0.5, 0.6) is 11.5 Å². The maximum absolute atomic E-state index is 13.1. The monoisotopic (exact) mass is 469 g/mol. The summed E-state index contributed by atoms with van der Waals surface area (Å²) < 4.78 is 23.6. The van der Waals surface area contributed by atoms with Crippen molar-refractivity contribution in [3.8, 4) is 11.5 Å². The molecule has 2 amide bonds. The number of anilines is 1. The second kappa shape index (κ2) is 10.9. The molecular weight excluding hydrogens is 453 g/mol. The Bertz CT molecular complexity index is 1210. The smallest absolute Gasteiger partial charge is 0.347 e. The van der Waals surface area contributed by atoms with Crippen molar-refractivity contribution in [1.82, 2.24) is 5.43 Å². The zero-order valence-corrected chi connectivity index (χ0v) is 17.9. The van der Waals surface area contributed by atoms with Crippen molar-refractivity contribution in [2.45, 2.75) is 0 Å². The number of hydrazone groups is 1. The summed E-state index contributed by atoms with van der Waals surface area (Å²) in [6.07, 6.45) is 1.30. The Labute approximate surface area is 193 Å². The molecule has 3 aromatic rings. The summed E-state index contributed by atoms with van der Waals surface area (Å²) in [4.78, 5) is 36.0. The molecule has 0 atom stereocenters. The predicted molar refractivity (Wildman–Crippen MR) is 120 cm³/mol. The average Bonchev–Trinajstić information content (AvgIpc) is 2.82. The molecule has 0 radical (unpaired) electrons. The van der Waals surface area contributed by atoms with Crippen LogP contribution in [0.25, 0.3) is 0 Å². The van der Waals surface area contributed by atoms with Gasteiger partial charge in [0.2, 0.25) is 0 Å². The molecule has 0 bridgehead atoms. The second-order valence-electron chi connectivity index (χ2n) is 6.44. The summed E-state index contributed by atoms with van der Waals surface area (Å²) in [7, 11) is 1.46. The van der Waals surface area contributed by atoms with Crippen LogP contribution in [-0.4, -0.2) is 31.1 Å². The van der Waals surface area contributed by atoms with Crippen molar-refractivity contribution in [2.75, 3.05) is 12.4 Å². The lowest BCUT2D eigenvalue weighted by atomic mass is 10.2. The van der Waals surface area contributed by atoms with Crippen LogP contribution in [0.1, 0.15) is 15.9 Å². The van der Waals surface area contributed by atoms with E-state index in [0.717, 1.165) is 6.07 Å². The lowest BCUT2D eigenvalue weighted by Crippen LogP contribution is -2.32. The van der Waals surface area contributed by atoms with Crippen LogP contribution in [0.3, 0.4) is 0 Å². The number of carbonyl (C=O) groups is 3. The number of carbonyl (C=O) groups excluding carboxylic acids is 3. The molecule has 8 nitrogen and oxygen atoms in total. The third-order valence-electron chi connectivity index (χ3n) is 4.18. The Morgan fingerprint density at radius 3 is 2.42 bits per heavy atom. The average molecular weight is 470 g/mol. The quantitative estimate of drug-likeness (QED) is 0.188. The van der Waals surface area contributed by atoms with Crippen molar-refractivity contribution in [1.29, 1.82) is 0 Å². The van der Waals surface area contributed by atoms with Gasteiger partial charge in [-0.15, -0.1) is 0 Å². The first-order valence-corrected chi connectivity index (χ1v) is 9.80. The van der Waals surface area contributed by atoms with Crippen LogP contribution in [0.15, 0.2) is 71.8 Å². The SMILES string of the molecule is COc1ccccc1C(=O)Oc1ccc(/C=N/NC(=O)C(=O)Nc2ccc(F)c(Cl)c2)cc1. The molecule has 2 N–H and O–H groups in total. The lowest BCUT2D eigenvalue weighted by Gasteiger charge is -2.08. The molecule has 0 unspecified atom stereocenters. The fourth-order valence-corrected chi connectivity index (χ4v) is 2.76. The van der Waals surface area contributed by atoms with Crippen LogP contribution in [0, 0.1) is 5.82 Å². The number of nitrogens with one attached hydrogen (secondary N) is 2. The number of hydrogen-bond acceptors (Lipinski definition) is 6. The molecule has 10 heteroatoms. The molecule has 3 aromatic carbocycles. The highest BCUT2D eigenvalue weighted by molar-refractivity contribution is 6.39. The zero-order chi connectivity index (χ0) is 23.8. The van der Waals surface area contributed by atoms with Gasteiger partial charge in [-0.2, -0.15) is 5.10 Å². The van der Waals surface area contributed by atoms with Gasteiger partial charge >= 0.3 is 17.8 Å². The van der Waals surface area contributed by atoms with Gasteiger partial charge in [-0.25, -0.2) is 14.6 Å². The molecule has 0 fully saturated rings. The number of methoxy groups -OCH3 is 1. The van der Waals surface area contributed by atoms with Gasteiger partial charge in [0.25, 0.3) is 0 Å². The Morgan fingerprint density at radius 2 is 1.73 bits per heavy atom. The molecule has 33 heavy (non-hydrogen) atoms. The van der Waals surface area contributed by atoms with Crippen molar-refractivity contribution in [3.05, 3.63) is 88.7 Å². The molecule has 0 spiro atoms. The van der Waals surface area contributed by atoms with Crippen LogP contribution in [0.2, 0.25) is 5.02 Å². The lowest BCUT2D eigenvalue weighted by molar-refractivity contribution is -0.136. The number of nitrogens with zero attached hydrogens (tertiary/aromatic N) is 1. The number of esters is 1. The molecule has 0 aliphatic carbocycles. The Hall–Kier alpha value is -4.24. The number of ether oxygens (including phenoxy) is 2. The van der Waals surface area contributed by atoms with E-state index in [4.69, 9.17) is 21.1 Å². The first-order chi connectivity index (χ1) is 15.9. The number of benzene rings is 3. The highest BCUT2D eigenvalue weighted by Crippen LogP contribution is 2.21. The maximum atomic E-state index is 13.1. The molecule has 0 heterocycles. The van der Waals surface area contributed by atoms with E-state index < -0.39 is 23.6 Å².